The third kappa shape index (κ3) is 6.32. The first-order valence-corrected chi connectivity index (χ1v) is 10.8. The fourth-order valence-corrected chi connectivity index (χ4v) is 3.49. The Bertz CT molecular complexity index is 1150. The van der Waals surface area contributed by atoms with Crippen LogP contribution in [0.1, 0.15) is 32.7 Å². The first-order chi connectivity index (χ1) is 16.4. The third-order valence-corrected chi connectivity index (χ3v) is 5.19. The van der Waals surface area contributed by atoms with Crippen LogP contribution in [-0.4, -0.2) is 44.0 Å². The number of carbonyl (C=O) groups is 2. The molecule has 0 unspecified atom stereocenters. The zero-order valence-corrected chi connectivity index (χ0v) is 19.2. The number of halogens is 1. The second kappa shape index (κ2) is 11.8. The van der Waals surface area contributed by atoms with E-state index in [4.69, 9.17) is 15.2 Å². The number of hydrogen-bond acceptors (Lipinski definition) is 5. The van der Waals surface area contributed by atoms with Crippen molar-refractivity contribution >= 4 is 17.5 Å². The van der Waals surface area contributed by atoms with Crippen LogP contribution in [0.5, 0.6) is 11.5 Å². The molecular weight excluding hydrogens is 437 g/mol. The Balaban J connectivity index is 1.78. The maximum atomic E-state index is 13.4. The average molecular weight is 466 g/mol. The van der Waals surface area contributed by atoms with Gasteiger partial charge in [0.1, 0.15) is 5.82 Å². The van der Waals surface area contributed by atoms with Crippen molar-refractivity contribution in [3.8, 4) is 11.5 Å². The second-order valence-electron chi connectivity index (χ2n) is 7.60. The van der Waals surface area contributed by atoms with Gasteiger partial charge in [-0.2, -0.15) is 0 Å². The summed E-state index contributed by atoms with van der Waals surface area (Å²) in [5, 5.41) is 2.77. The van der Waals surface area contributed by atoms with E-state index in [0.717, 1.165) is 5.56 Å². The van der Waals surface area contributed by atoms with E-state index >= 15 is 0 Å². The van der Waals surface area contributed by atoms with Gasteiger partial charge in [-0.3, -0.25) is 9.59 Å². The normalized spacial score (nSPS) is 10.5. The van der Waals surface area contributed by atoms with Crippen LogP contribution in [0.4, 0.5) is 10.1 Å². The molecule has 0 heterocycles. The van der Waals surface area contributed by atoms with Crippen molar-refractivity contribution in [2.45, 2.75) is 13.0 Å². The summed E-state index contributed by atoms with van der Waals surface area (Å²) in [6.45, 7) is 1.22. The van der Waals surface area contributed by atoms with E-state index in [-0.39, 0.29) is 11.5 Å². The maximum absolute atomic E-state index is 13.4. The van der Waals surface area contributed by atoms with Crippen molar-refractivity contribution in [3.05, 3.63) is 89.2 Å². The van der Waals surface area contributed by atoms with Gasteiger partial charge in [0.15, 0.2) is 11.5 Å². The predicted molar refractivity (Wildman–Crippen MR) is 129 cm³/mol. The van der Waals surface area contributed by atoms with Crippen molar-refractivity contribution in [3.63, 3.8) is 0 Å². The van der Waals surface area contributed by atoms with Gasteiger partial charge in [0, 0.05) is 29.9 Å². The molecule has 0 bridgehead atoms. The van der Waals surface area contributed by atoms with Crippen LogP contribution in [0.3, 0.4) is 0 Å². The lowest BCUT2D eigenvalue weighted by Gasteiger charge is -2.23. The van der Waals surface area contributed by atoms with Gasteiger partial charge in [-0.25, -0.2) is 4.39 Å². The molecule has 2 amide bonds. The van der Waals surface area contributed by atoms with Gasteiger partial charge in [0.2, 0.25) is 0 Å². The quantitative estimate of drug-likeness (QED) is 0.471. The molecule has 0 saturated heterocycles. The first-order valence-electron chi connectivity index (χ1n) is 10.8. The van der Waals surface area contributed by atoms with E-state index in [1.807, 2.05) is 6.07 Å². The molecule has 178 valence electrons. The number of ether oxygens (including phenoxy) is 2. The number of hydrogen-bond donors (Lipinski definition) is 2. The predicted octanol–water partition coefficient (Wildman–Crippen LogP) is 4.09. The Morgan fingerprint density at radius 2 is 1.71 bits per heavy atom. The molecule has 3 aromatic rings. The Kier molecular flexibility index (Phi) is 8.59. The zero-order valence-electron chi connectivity index (χ0n) is 19.2. The van der Waals surface area contributed by atoms with Crippen LogP contribution in [0.25, 0.3) is 0 Å². The Morgan fingerprint density at radius 1 is 0.941 bits per heavy atom. The van der Waals surface area contributed by atoms with E-state index in [1.54, 1.807) is 47.4 Å². The molecule has 3 N–H and O–H groups in total. The highest BCUT2D eigenvalue weighted by Gasteiger charge is 2.18. The molecule has 0 spiro atoms. The summed E-state index contributed by atoms with van der Waals surface area (Å²) in [6.07, 6.45) is 0.634. The SMILES string of the molecule is COc1ccc(C(=O)N(CCCN)Cc2cccc(NC(=O)c3cccc(F)c3)c2)cc1OC. The largest absolute Gasteiger partial charge is 0.493 e. The van der Waals surface area contributed by atoms with Crippen LogP contribution >= 0.6 is 0 Å². The second-order valence-corrected chi connectivity index (χ2v) is 7.60. The lowest BCUT2D eigenvalue weighted by Crippen LogP contribution is -2.32. The summed E-state index contributed by atoms with van der Waals surface area (Å²) >= 11 is 0. The summed E-state index contributed by atoms with van der Waals surface area (Å²) in [5.74, 6) is -0.0734. The number of anilines is 1. The number of carbonyl (C=O) groups excluding carboxylic acids is 2. The highest BCUT2D eigenvalue weighted by atomic mass is 19.1. The lowest BCUT2D eigenvalue weighted by molar-refractivity contribution is 0.0741. The molecular formula is C26H28FN3O4. The molecule has 0 aromatic heterocycles. The molecule has 0 fully saturated rings. The van der Waals surface area contributed by atoms with Crippen LogP contribution in [-0.2, 0) is 6.54 Å². The highest BCUT2D eigenvalue weighted by Crippen LogP contribution is 2.28. The fraction of sp³-hybridized carbons (Fsp3) is 0.231. The van der Waals surface area contributed by atoms with Crippen LogP contribution < -0.4 is 20.5 Å². The van der Waals surface area contributed by atoms with Gasteiger partial charge in [-0.1, -0.05) is 18.2 Å². The summed E-state index contributed by atoms with van der Waals surface area (Å²) in [7, 11) is 3.05. The number of nitrogens with two attached hydrogens (primary N) is 1. The van der Waals surface area contributed by atoms with Gasteiger partial charge in [-0.05, 0) is 67.1 Å². The Morgan fingerprint density at radius 3 is 2.41 bits per heavy atom. The van der Waals surface area contributed by atoms with Gasteiger partial charge < -0.3 is 25.4 Å². The highest BCUT2D eigenvalue weighted by molar-refractivity contribution is 6.04. The smallest absolute Gasteiger partial charge is 0.255 e. The van der Waals surface area contributed by atoms with Crippen molar-refractivity contribution < 1.29 is 23.5 Å². The molecule has 0 radical (unpaired) electrons. The van der Waals surface area contributed by atoms with E-state index < -0.39 is 11.7 Å². The van der Waals surface area contributed by atoms with Gasteiger partial charge in [0.05, 0.1) is 14.2 Å². The van der Waals surface area contributed by atoms with Crippen molar-refractivity contribution in [1.29, 1.82) is 0 Å². The number of benzene rings is 3. The molecule has 7 nitrogen and oxygen atoms in total. The first kappa shape index (κ1) is 24.7. The minimum Gasteiger partial charge on any atom is -0.493 e. The average Bonchev–Trinajstić information content (AvgIpc) is 2.85. The zero-order chi connectivity index (χ0) is 24.5. The van der Waals surface area contributed by atoms with E-state index in [9.17, 15) is 14.0 Å². The van der Waals surface area contributed by atoms with Gasteiger partial charge >= 0.3 is 0 Å². The molecule has 0 atom stereocenters. The number of rotatable bonds is 10. The molecule has 3 aromatic carbocycles. The van der Waals surface area contributed by atoms with Crippen molar-refractivity contribution in [1.82, 2.24) is 4.90 Å². The van der Waals surface area contributed by atoms with Crippen LogP contribution in [0.15, 0.2) is 66.7 Å². The van der Waals surface area contributed by atoms with E-state index in [1.165, 1.54) is 32.4 Å². The molecule has 0 aliphatic rings. The van der Waals surface area contributed by atoms with E-state index in [0.29, 0.717) is 48.8 Å². The molecule has 0 aliphatic carbocycles. The molecule has 0 aliphatic heterocycles. The van der Waals surface area contributed by atoms with E-state index in [2.05, 4.69) is 5.32 Å². The molecule has 0 saturated carbocycles. The fourth-order valence-electron chi connectivity index (χ4n) is 3.49. The number of nitrogens with zero attached hydrogens (tertiary/aromatic N) is 1. The third-order valence-electron chi connectivity index (χ3n) is 5.19. The Labute approximate surface area is 198 Å². The summed E-state index contributed by atoms with van der Waals surface area (Å²) < 4.78 is 24.0. The summed E-state index contributed by atoms with van der Waals surface area (Å²) in [5.41, 5.74) is 7.74. The lowest BCUT2D eigenvalue weighted by atomic mass is 10.1. The number of nitrogens with one attached hydrogen (secondary N) is 1. The van der Waals surface area contributed by atoms with Crippen molar-refractivity contribution in [2.24, 2.45) is 5.73 Å². The number of methoxy groups -OCH3 is 2. The topological polar surface area (TPSA) is 93.9 Å². The van der Waals surface area contributed by atoms with Gasteiger partial charge in [0.25, 0.3) is 11.8 Å². The monoisotopic (exact) mass is 465 g/mol. The minimum absolute atomic E-state index is 0.177. The summed E-state index contributed by atoms with van der Waals surface area (Å²) in [4.78, 5) is 27.5. The van der Waals surface area contributed by atoms with Gasteiger partial charge in [-0.15, -0.1) is 0 Å². The minimum atomic E-state index is -0.481. The Hall–Kier alpha value is -3.91. The molecule has 34 heavy (non-hydrogen) atoms. The molecule has 3 rings (SSSR count). The standard InChI is InChI=1S/C26H28FN3O4/c1-33-23-11-10-20(16-24(23)34-2)26(32)30(13-5-12-28)17-18-6-3-9-22(14-18)29-25(31)19-7-4-8-21(27)15-19/h3-4,6-11,14-16H,5,12-13,17,28H2,1-2H3,(H,29,31). The summed E-state index contributed by atoms with van der Waals surface area (Å²) in [6, 6.07) is 17.7. The number of amides is 2. The molecule has 8 heteroatoms. The van der Waals surface area contributed by atoms with Crippen LogP contribution in [0.2, 0.25) is 0 Å². The van der Waals surface area contributed by atoms with Crippen molar-refractivity contribution in [2.75, 3.05) is 32.6 Å². The maximum Gasteiger partial charge on any atom is 0.255 e. The van der Waals surface area contributed by atoms with Crippen LogP contribution in [0, 0.1) is 5.82 Å².